The van der Waals surface area contributed by atoms with Gasteiger partial charge in [0.1, 0.15) is 11.6 Å². The van der Waals surface area contributed by atoms with E-state index in [0.717, 1.165) is 18.2 Å². The molecule has 2 nitrogen and oxygen atoms in total. The van der Waals surface area contributed by atoms with Crippen molar-refractivity contribution in [3.8, 4) is 0 Å². The minimum absolute atomic E-state index is 0.120. The van der Waals surface area contributed by atoms with Gasteiger partial charge in [0.15, 0.2) is 0 Å². The lowest BCUT2D eigenvalue weighted by Gasteiger charge is -2.16. The standard InChI is InChI=1S/C9H12F2N2/c1-5(12)9(13)7-4-6(10)2-3-8(7)11/h2-5,9H,12-13H2,1H3/t5-,9+/m0/s1. The molecule has 0 heterocycles. The van der Waals surface area contributed by atoms with Gasteiger partial charge < -0.3 is 11.5 Å². The van der Waals surface area contributed by atoms with Gasteiger partial charge in [-0.25, -0.2) is 8.78 Å². The number of rotatable bonds is 2. The number of hydrogen-bond donors (Lipinski definition) is 2. The third-order valence-electron chi connectivity index (χ3n) is 1.88. The third-order valence-corrected chi connectivity index (χ3v) is 1.88. The molecular weight excluding hydrogens is 174 g/mol. The van der Waals surface area contributed by atoms with Crippen LogP contribution in [0, 0.1) is 11.6 Å². The van der Waals surface area contributed by atoms with Crippen LogP contribution >= 0.6 is 0 Å². The van der Waals surface area contributed by atoms with Crippen LogP contribution in [-0.2, 0) is 0 Å². The Morgan fingerprint density at radius 1 is 1.23 bits per heavy atom. The van der Waals surface area contributed by atoms with Crippen LogP contribution in [0.5, 0.6) is 0 Å². The zero-order chi connectivity index (χ0) is 10.0. The molecule has 0 aromatic heterocycles. The third kappa shape index (κ3) is 2.23. The SMILES string of the molecule is C[C@H](N)[C@@H](N)c1cc(F)ccc1F. The second kappa shape index (κ2) is 3.81. The zero-order valence-electron chi connectivity index (χ0n) is 7.30. The van der Waals surface area contributed by atoms with Crippen molar-refractivity contribution in [1.82, 2.24) is 0 Å². The second-order valence-electron chi connectivity index (χ2n) is 3.05. The van der Waals surface area contributed by atoms with Crippen molar-refractivity contribution < 1.29 is 8.78 Å². The summed E-state index contributed by atoms with van der Waals surface area (Å²) in [5, 5.41) is 0. The molecule has 1 aromatic rings. The van der Waals surface area contributed by atoms with Crippen LogP contribution in [0.15, 0.2) is 18.2 Å². The van der Waals surface area contributed by atoms with Gasteiger partial charge in [0, 0.05) is 17.6 Å². The summed E-state index contributed by atoms with van der Waals surface area (Å²) in [6.45, 7) is 1.65. The van der Waals surface area contributed by atoms with Crippen LogP contribution in [-0.4, -0.2) is 6.04 Å². The summed E-state index contributed by atoms with van der Waals surface area (Å²) in [4.78, 5) is 0. The number of halogens is 2. The first kappa shape index (κ1) is 10.1. The predicted molar refractivity (Wildman–Crippen MR) is 46.9 cm³/mol. The van der Waals surface area contributed by atoms with Gasteiger partial charge in [0.05, 0.1) is 0 Å². The van der Waals surface area contributed by atoms with Crippen molar-refractivity contribution in [2.75, 3.05) is 0 Å². The van der Waals surface area contributed by atoms with Crippen LogP contribution in [0.25, 0.3) is 0 Å². The number of hydrogen-bond acceptors (Lipinski definition) is 2. The summed E-state index contributed by atoms with van der Waals surface area (Å²) in [6, 6.07) is 2.09. The molecule has 1 rings (SSSR count). The van der Waals surface area contributed by atoms with Gasteiger partial charge in [-0.05, 0) is 25.1 Å². The highest BCUT2D eigenvalue weighted by Gasteiger charge is 2.15. The van der Waals surface area contributed by atoms with Crippen molar-refractivity contribution in [3.63, 3.8) is 0 Å². The van der Waals surface area contributed by atoms with Gasteiger partial charge in [-0.15, -0.1) is 0 Å². The van der Waals surface area contributed by atoms with Crippen molar-refractivity contribution >= 4 is 0 Å². The molecule has 0 fully saturated rings. The Hall–Kier alpha value is -1.00. The highest BCUT2D eigenvalue weighted by molar-refractivity contribution is 5.23. The van der Waals surface area contributed by atoms with Crippen LogP contribution < -0.4 is 11.5 Å². The first-order valence-electron chi connectivity index (χ1n) is 3.98. The zero-order valence-corrected chi connectivity index (χ0v) is 7.30. The van der Waals surface area contributed by atoms with Crippen LogP contribution in [0.4, 0.5) is 8.78 Å². The van der Waals surface area contributed by atoms with Crippen molar-refractivity contribution in [1.29, 1.82) is 0 Å². The molecule has 0 unspecified atom stereocenters. The maximum absolute atomic E-state index is 13.1. The molecule has 2 atom stereocenters. The topological polar surface area (TPSA) is 52.0 Å². The molecule has 0 radical (unpaired) electrons. The van der Waals surface area contributed by atoms with E-state index >= 15 is 0 Å². The lowest BCUT2D eigenvalue weighted by molar-refractivity contribution is 0.525. The normalized spacial score (nSPS) is 15.5. The van der Waals surface area contributed by atoms with Crippen molar-refractivity contribution in [2.45, 2.75) is 19.0 Å². The Bertz CT molecular complexity index is 300. The molecule has 4 N–H and O–H groups in total. The van der Waals surface area contributed by atoms with Crippen LogP contribution in [0.2, 0.25) is 0 Å². The fourth-order valence-electron chi connectivity index (χ4n) is 1.05. The van der Waals surface area contributed by atoms with E-state index in [0.29, 0.717) is 0 Å². The summed E-state index contributed by atoms with van der Waals surface area (Å²) >= 11 is 0. The summed E-state index contributed by atoms with van der Waals surface area (Å²) in [7, 11) is 0. The van der Waals surface area contributed by atoms with Gasteiger partial charge in [-0.3, -0.25) is 0 Å². The van der Waals surface area contributed by atoms with E-state index in [1.54, 1.807) is 6.92 Å². The summed E-state index contributed by atoms with van der Waals surface area (Å²) in [5.74, 6) is -1.03. The highest BCUT2D eigenvalue weighted by Crippen LogP contribution is 2.18. The lowest BCUT2D eigenvalue weighted by Crippen LogP contribution is -2.31. The largest absolute Gasteiger partial charge is 0.326 e. The van der Waals surface area contributed by atoms with Gasteiger partial charge in [-0.1, -0.05) is 0 Å². The van der Waals surface area contributed by atoms with E-state index in [-0.39, 0.29) is 5.56 Å². The quantitative estimate of drug-likeness (QED) is 0.731. The molecule has 0 aliphatic carbocycles. The number of nitrogens with two attached hydrogens (primary N) is 2. The maximum Gasteiger partial charge on any atom is 0.128 e. The molecule has 0 aliphatic heterocycles. The Kier molecular flexibility index (Phi) is 2.95. The van der Waals surface area contributed by atoms with Crippen molar-refractivity contribution in [2.24, 2.45) is 11.5 Å². The first-order valence-corrected chi connectivity index (χ1v) is 3.98. The molecule has 0 saturated carbocycles. The first-order chi connectivity index (χ1) is 6.02. The molecule has 0 amide bonds. The summed E-state index contributed by atoms with van der Waals surface area (Å²) < 4.78 is 25.8. The second-order valence-corrected chi connectivity index (χ2v) is 3.05. The van der Waals surface area contributed by atoms with Crippen molar-refractivity contribution in [3.05, 3.63) is 35.4 Å². The minimum Gasteiger partial charge on any atom is -0.326 e. The Labute approximate surface area is 75.5 Å². The molecule has 4 heteroatoms. The van der Waals surface area contributed by atoms with Crippen LogP contribution in [0.3, 0.4) is 0 Å². The Balaban J connectivity index is 3.05. The number of benzene rings is 1. The molecule has 13 heavy (non-hydrogen) atoms. The van der Waals surface area contributed by atoms with Gasteiger partial charge in [0.25, 0.3) is 0 Å². The van der Waals surface area contributed by atoms with Gasteiger partial charge in [-0.2, -0.15) is 0 Å². The molecule has 0 spiro atoms. The van der Waals surface area contributed by atoms with Gasteiger partial charge in [0.2, 0.25) is 0 Å². The molecule has 0 aliphatic rings. The average Bonchev–Trinajstić information content (AvgIpc) is 2.08. The van der Waals surface area contributed by atoms with Gasteiger partial charge >= 0.3 is 0 Å². The molecule has 1 aromatic carbocycles. The maximum atomic E-state index is 13.1. The molecule has 0 saturated heterocycles. The van der Waals surface area contributed by atoms with E-state index < -0.39 is 23.7 Å². The monoisotopic (exact) mass is 186 g/mol. The molecule has 0 bridgehead atoms. The van der Waals surface area contributed by atoms with E-state index in [4.69, 9.17) is 11.5 Å². The smallest absolute Gasteiger partial charge is 0.128 e. The fraction of sp³-hybridized carbons (Fsp3) is 0.333. The Morgan fingerprint density at radius 2 is 1.85 bits per heavy atom. The Morgan fingerprint density at radius 3 is 2.38 bits per heavy atom. The summed E-state index contributed by atoms with van der Waals surface area (Å²) in [5.41, 5.74) is 11.2. The van der Waals surface area contributed by atoms with Crippen LogP contribution in [0.1, 0.15) is 18.5 Å². The minimum atomic E-state index is -0.671. The molecule has 72 valence electrons. The molecular formula is C9H12F2N2. The van der Waals surface area contributed by atoms with E-state index in [1.165, 1.54) is 0 Å². The van der Waals surface area contributed by atoms with E-state index in [2.05, 4.69) is 0 Å². The predicted octanol–water partition coefficient (Wildman–Crippen LogP) is 1.31. The van der Waals surface area contributed by atoms with E-state index in [1.807, 2.05) is 0 Å². The average molecular weight is 186 g/mol. The summed E-state index contributed by atoms with van der Waals surface area (Å²) in [6.07, 6.45) is 0. The lowest BCUT2D eigenvalue weighted by atomic mass is 10.0. The fourth-order valence-corrected chi connectivity index (χ4v) is 1.05. The highest BCUT2D eigenvalue weighted by atomic mass is 19.1. The van der Waals surface area contributed by atoms with E-state index in [9.17, 15) is 8.78 Å².